The molecule has 1 aromatic rings. The summed E-state index contributed by atoms with van der Waals surface area (Å²) in [4.78, 5) is 0. The van der Waals surface area contributed by atoms with Crippen LogP contribution in [0.2, 0.25) is 0 Å². The molecule has 0 bridgehead atoms. The molecule has 0 saturated carbocycles. The van der Waals surface area contributed by atoms with Crippen molar-refractivity contribution in [2.24, 2.45) is 0 Å². The van der Waals surface area contributed by atoms with Gasteiger partial charge in [0.15, 0.2) is 0 Å². The Kier molecular flexibility index (Phi) is 3.31. The second kappa shape index (κ2) is 4.27. The molecule has 0 heterocycles. The third-order valence-electron chi connectivity index (χ3n) is 1.82. The first-order valence-electron chi connectivity index (χ1n) is 3.92. The topological polar surface area (TPSA) is 23.8 Å². The molecule has 2 heteroatoms. The molecule has 0 unspecified atom stereocenters. The van der Waals surface area contributed by atoms with Crippen LogP contribution < -0.4 is 0 Å². The Morgan fingerprint density at radius 1 is 1.42 bits per heavy atom. The fourth-order valence-electron chi connectivity index (χ4n) is 1.18. The van der Waals surface area contributed by atoms with Crippen molar-refractivity contribution in [2.45, 2.75) is 19.8 Å². The highest BCUT2D eigenvalue weighted by molar-refractivity contribution is 9.10. The van der Waals surface area contributed by atoms with Gasteiger partial charge in [-0.05, 0) is 29.7 Å². The van der Waals surface area contributed by atoms with E-state index < -0.39 is 0 Å². The van der Waals surface area contributed by atoms with Crippen molar-refractivity contribution in [3.63, 3.8) is 0 Å². The molecule has 1 aromatic carbocycles. The van der Waals surface area contributed by atoms with Crippen LogP contribution in [0.3, 0.4) is 0 Å². The van der Waals surface area contributed by atoms with Crippen LogP contribution in [0, 0.1) is 11.3 Å². The summed E-state index contributed by atoms with van der Waals surface area (Å²) in [5, 5.41) is 8.55. The summed E-state index contributed by atoms with van der Waals surface area (Å²) >= 11 is 3.41. The van der Waals surface area contributed by atoms with Crippen LogP contribution in [0.15, 0.2) is 22.7 Å². The van der Waals surface area contributed by atoms with Gasteiger partial charge in [-0.25, -0.2) is 0 Å². The van der Waals surface area contributed by atoms with Crippen molar-refractivity contribution in [3.8, 4) is 6.07 Å². The van der Waals surface area contributed by atoms with E-state index in [2.05, 4.69) is 35.0 Å². The van der Waals surface area contributed by atoms with Gasteiger partial charge in [0, 0.05) is 4.47 Å². The van der Waals surface area contributed by atoms with Crippen molar-refractivity contribution in [2.75, 3.05) is 0 Å². The van der Waals surface area contributed by atoms with Crippen LogP contribution in [-0.2, 0) is 12.8 Å². The lowest BCUT2D eigenvalue weighted by Crippen LogP contribution is -1.90. The van der Waals surface area contributed by atoms with E-state index in [-0.39, 0.29) is 0 Å². The number of benzene rings is 1. The smallest absolute Gasteiger partial charge is 0.0669 e. The van der Waals surface area contributed by atoms with Crippen molar-refractivity contribution < 1.29 is 0 Å². The van der Waals surface area contributed by atoms with Crippen LogP contribution in [0.25, 0.3) is 0 Å². The summed E-state index contributed by atoms with van der Waals surface area (Å²) in [5.74, 6) is 0. The Bertz CT molecular complexity index is 312. The van der Waals surface area contributed by atoms with E-state index in [9.17, 15) is 0 Å². The molecule has 1 nitrogen and oxygen atoms in total. The van der Waals surface area contributed by atoms with Crippen LogP contribution in [0.5, 0.6) is 0 Å². The van der Waals surface area contributed by atoms with Gasteiger partial charge in [-0.1, -0.05) is 28.9 Å². The van der Waals surface area contributed by atoms with Crippen LogP contribution in [-0.4, -0.2) is 0 Å². The number of hydrogen-bond donors (Lipinski definition) is 0. The second-order valence-electron chi connectivity index (χ2n) is 2.60. The van der Waals surface area contributed by atoms with E-state index in [1.54, 1.807) is 0 Å². The SMILES string of the molecule is CCc1cc(Br)ccc1CC#N. The molecule has 0 atom stereocenters. The Morgan fingerprint density at radius 2 is 2.17 bits per heavy atom. The average Bonchev–Trinajstić information content (AvgIpc) is 2.08. The Labute approximate surface area is 81.2 Å². The third-order valence-corrected chi connectivity index (χ3v) is 2.31. The van der Waals surface area contributed by atoms with E-state index in [0.717, 1.165) is 16.5 Å². The van der Waals surface area contributed by atoms with Gasteiger partial charge in [0.2, 0.25) is 0 Å². The maximum atomic E-state index is 8.55. The van der Waals surface area contributed by atoms with E-state index in [1.807, 2.05) is 12.1 Å². The lowest BCUT2D eigenvalue weighted by atomic mass is 10.0. The van der Waals surface area contributed by atoms with Gasteiger partial charge in [0.25, 0.3) is 0 Å². The summed E-state index contributed by atoms with van der Waals surface area (Å²) in [7, 11) is 0. The Balaban J connectivity index is 3.04. The predicted molar refractivity (Wildman–Crippen MR) is 52.8 cm³/mol. The molecule has 0 saturated heterocycles. The highest BCUT2D eigenvalue weighted by atomic mass is 79.9. The van der Waals surface area contributed by atoms with Crippen LogP contribution >= 0.6 is 15.9 Å². The molecule has 0 fully saturated rings. The summed E-state index contributed by atoms with van der Waals surface area (Å²) < 4.78 is 1.08. The van der Waals surface area contributed by atoms with Crippen molar-refractivity contribution >= 4 is 15.9 Å². The largest absolute Gasteiger partial charge is 0.198 e. The van der Waals surface area contributed by atoms with Crippen molar-refractivity contribution in [1.82, 2.24) is 0 Å². The van der Waals surface area contributed by atoms with Gasteiger partial charge < -0.3 is 0 Å². The molecular formula is C10H10BrN. The molecule has 0 aromatic heterocycles. The monoisotopic (exact) mass is 223 g/mol. The van der Waals surface area contributed by atoms with Gasteiger partial charge >= 0.3 is 0 Å². The fourth-order valence-corrected chi connectivity index (χ4v) is 1.59. The number of nitrogens with zero attached hydrogens (tertiary/aromatic N) is 1. The molecule has 1 rings (SSSR count). The highest BCUT2D eigenvalue weighted by Gasteiger charge is 1.99. The van der Waals surface area contributed by atoms with E-state index in [4.69, 9.17) is 5.26 Å². The standard InChI is InChI=1S/C10H10BrN/c1-2-8-7-10(11)4-3-9(8)5-6-12/h3-4,7H,2,5H2,1H3. The van der Waals surface area contributed by atoms with Crippen LogP contribution in [0.1, 0.15) is 18.1 Å². The molecule has 0 radical (unpaired) electrons. The highest BCUT2D eigenvalue weighted by Crippen LogP contribution is 2.17. The minimum absolute atomic E-state index is 0.510. The van der Waals surface area contributed by atoms with Crippen LogP contribution in [0.4, 0.5) is 0 Å². The maximum Gasteiger partial charge on any atom is 0.0669 e. The van der Waals surface area contributed by atoms with Gasteiger partial charge in [-0.3, -0.25) is 0 Å². The zero-order valence-electron chi connectivity index (χ0n) is 6.97. The Hall–Kier alpha value is -0.810. The molecule has 0 N–H and O–H groups in total. The number of aryl methyl sites for hydroxylation is 1. The number of nitriles is 1. The molecule has 62 valence electrons. The first-order chi connectivity index (χ1) is 5.77. The molecule has 0 amide bonds. The zero-order chi connectivity index (χ0) is 8.97. The van der Waals surface area contributed by atoms with Gasteiger partial charge in [-0.2, -0.15) is 5.26 Å². The second-order valence-corrected chi connectivity index (χ2v) is 3.52. The van der Waals surface area contributed by atoms with Gasteiger partial charge in [-0.15, -0.1) is 0 Å². The fraction of sp³-hybridized carbons (Fsp3) is 0.300. The first kappa shape index (κ1) is 9.28. The molecular weight excluding hydrogens is 214 g/mol. The molecule has 0 aliphatic carbocycles. The quantitative estimate of drug-likeness (QED) is 0.757. The van der Waals surface area contributed by atoms with Gasteiger partial charge in [0.1, 0.15) is 0 Å². The van der Waals surface area contributed by atoms with E-state index >= 15 is 0 Å². The van der Waals surface area contributed by atoms with Crippen molar-refractivity contribution in [3.05, 3.63) is 33.8 Å². The first-order valence-corrected chi connectivity index (χ1v) is 4.71. The Morgan fingerprint density at radius 3 is 2.75 bits per heavy atom. The molecule has 0 spiro atoms. The number of hydrogen-bond acceptors (Lipinski definition) is 1. The number of rotatable bonds is 2. The molecule has 0 aliphatic rings. The third kappa shape index (κ3) is 2.09. The minimum Gasteiger partial charge on any atom is -0.198 e. The zero-order valence-corrected chi connectivity index (χ0v) is 8.56. The van der Waals surface area contributed by atoms with Crippen molar-refractivity contribution in [1.29, 1.82) is 5.26 Å². The summed E-state index contributed by atoms with van der Waals surface area (Å²) in [6, 6.07) is 8.22. The minimum atomic E-state index is 0.510. The normalized spacial score (nSPS) is 9.42. The van der Waals surface area contributed by atoms with Gasteiger partial charge in [0.05, 0.1) is 12.5 Å². The average molecular weight is 224 g/mol. The summed E-state index contributed by atoms with van der Waals surface area (Å²) in [6.07, 6.45) is 1.49. The van der Waals surface area contributed by atoms with E-state index in [0.29, 0.717) is 6.42 Å². The summed E-state index contributed by atoms with van der Waals surface area (Å²) in [6.45, 7) is 2.10. The van der Waals surface area contributed by atoms with E-state index in [1.165, 1.54) is 5.56 Å². The molecule has 0 aliphatic heterocycles. The number of halogens is 1. The predicted octanol–water partition coefficient (Wildman–Crippen LogP) is 3.08. The lowest BCUT2D eigenvalue weighted by Gasteiger charge is -2.03. The maximum absolute atomic E-state index is 8.55. The summed E-state index contributed by atoms with van der Waals surface area (Å²) in [5.41, 5.74) is 2.40. The molecule has 12 heavy (non-hydrogen) atoms. The lowest BCUT2D eigenvalue weighted by molar-refractivity contribution is 1.08.